The van der Waals surface area contributed by atoms with E-state index in [2.05, 4.69) is 227 Å². The van der Waals surface area contributed by atoms with Crippen molar-refractivity contribution in [3.05, 3.63) is 253 Å². The second-order valence-electron chi connectivity index (χ2n) is 17.5. The molecule has 5 nitrogen and oxygen atoms in total. The third-order valence-electron chi connectivity index (χ3n) is 13.7. The van der Waals surface area contributed by atoms with Crippen molar-refractivity contribution < 1.29 is 0 Å². The largest absolute Gasteiger partial charge is 0.315 e. The Balaban J connectivity index is 0.954. The summed E-state index contributed by atoms with van der Waals surface area (Å²) in [7, 11) is 0. The first-order valence-electron chi connectivity index (χ1n) is 22.8. The van der Waals surface area contributed by atoms with E-state index in [1.165, 1.54) is 49.8 Å². The fourth-order valence-electron chi connectivity index (χ4n) is 10.5. The smallest absolute Gasteiger partial charge is 0.138 e. The fourth-order valence-corrected chi connectivity index (χ4v) is 10.5. The van der Waals surface area contributed by atoms with Crippen LogP contribution in [0.2, 0.25) is 0 Å². The lowest BCUT2D eigenvalue weighted by Gasteiger charge is -2.27. The maximum atomic E-state index is 9.50. The number of nitrogens with zero attached hydrogens (tertiary/aromatic N) is 5. The summed E-state index contributed by atoms with van der Waals surface area (Å²) in [4.78, 5) is 7.87. The van der Waals surface area contributed by atoms with Crippen LogP contribution in [0.15, 0.2) is 236 Å². The number of anilines is 2. The molecule has 1 aliphatic carbocycles. The van der Waals surface area contributed by atoms with Gasteiger partial charge in [-0.05, 0) is 124 Å². The number of rotatable bonds is 7. The second kappa shape index (κ2) is 15.6. The number of fused-ring (bicyclic) bond motifs is 8. The molecule has 13 rings (SSSR count). The highest BCUT2D eigenvalue weighted by molar-refractivity contribution is 6.10. The first kappa shape index (κ1) is 38.5. The average molecular weight is 856 g/mol. The predicted molar refractivity (Wildman–Crippen MR) is 275 cm³/mol. The minimum Gasteiger partial charge on any atom is -0.315 e. The molecule has 0 amide bonds. The topological polar surface area (TPSA) is 49.8 Å². The van der Waals surface area contributed by atoms with Crippen LogP contribution in [0.3, 0.4) is 0 Å². The molecule has 1 aliphatic heterocycles. The average Bonchev–Trinajstić information content (AvgIpc) is 4.09. The van der Waals surface area contributed by atoms with Gasteiger partial charge in [0.25, 0.3) is 0 Å². The predicted octanol–water partition coefficient (Wildman–Crippen LogP) is 15.6. The Labute approximate surface area is 388 Å². The zero-order valence-electron chi connectivity index (χ0n) is 36.5. The van der Waals surface area contributed by atoms with E-state index < -0.39 is 0 Å². The third kappa shape index (κ3) is 6.42. The number of aromatic nitrogens is 3. The summed E-state index contributed by atoms with van der Waals surface area (Å²) in [6.07, 6.45) is 7.76. The Morgan fingerprint density at radius 1 is 0.507 bits per heavy atom. The number of nitriles is 1. The van der Waals surface area contributed by atoms with Crippen molar-refractivity contribution in [3.63, 3.8) is 0 Å². The van der Waals surface area contributed by atoms with Gasteiger partial charge in [0.15, 0.2) is 0 Å². The molecule has 1 atom stereocenters. The van der Waals surface area contributed by atoms with Gasteiger partial charge >= 0.3 is 0 Å². The van der Waals surface area contributed by atoms with E-state index in [4.69, 9.17) is 4.98 Å². The molecule has 0 N–H and O–H groups in total. The number of pyridine rings is 1. The van der Waals surface area contributed by atoms with Gasteiger partial charge in [0.1, 0.15) is 5.82 Å². The normalized spacial score (nSPS) is 14.2. The first-order chi connectivity index (χ1) is 33.2. The molecule has 8 aromatic carbocycles. The number of benzene rings is 8. The van der Waals surface area contributed by atoms with Crippen LogP contribution in [-0.2, 0) is 0 Å². The number of hydrogen-bond donors (Lipinski definition) is 0. The fraction of sp³-hybridized carbons (Fsp3) is 0.0323. The van der Waals surface area contributed by atoms with Crippen LogP contribution < -0.4 is 4.90 Å². The van der Waals surface area contributed by atoms with E-state index in [1.54, 1.807) is 0 Å². The molecule has 0 bridgehead atoms. The molecule has 2 aliphatic rings. The van der Waals surface area contributed by atoms with Gasteiger partial charge in [-0.15, -0.1) is 0 Å². The SMILES string of the molecule is N#Cc1ccc(-c2cccc(N3C4=CC=C(c5ccc6c(c5)c5ccccc5n6-c5cc(-c6ccccc6)cc(-c6ccccc6)n5)CC4c4ccc5ccn(-c6ccccc6)c5c43)c2)cc1. The van der Waals surface area contributed by atoms with E-state index in [9.17, 15) is 5.26 Å². The van der Waals surface area contributed by atoms with Gasteiger partial charge in [0, 0.05) is 50.9 Å². The van der Waals surface area contributed by atoms with Crippen molar-refractivity contribution in [1.82, 2.24) is 14.1 Å². The summed E-state index contributed by atoms with van der Waals surface area (Å²) >= 11 is 0. The summed E-state index contributed by atoms with van der Waals surface area (Å²) in [5, 5.41) is 13.1. The summed E-state index contributed by atoms with van der Waals surface area (Å²) in [5.41, 5.74) is 19.2. The highest BCUT2D eigenvalue weighted by Crippen LogP contribution is 2.56. The summed E-state index contributed by atoms with van der Waals surface area (Å²) in [5.74, 6) is 1.02. The van der Waals surface area contributed by atoms with Crippen LogP contribution in [0.1, 0.15) is 29.0 Å². The van der Waals surface area contributed by atoms with Crippen LogP contribution in [0.25, 0.3) is 83.3 Å². The van der Waals surface area contributed by atoms with Gasteiger partial charge in [-0.25, -0.2) is 4.98 Å². The van der Waals surface area contributed by atoms with Crippen LogP contribution in [0, 0.1) is 11.3 Å². The molecule has 4 heterocycles. The molecular formula is C62H41N5. The van der Waals surface area contributed by atoms with Crippen molar-refractivity contribution in [2.24, 2.45) is 0 Å². The molecule has 0 radical (unpaired) electrons. The van der Waals surface area contributed by atoms with Crippen LogP contribution in [0.5, 0.6) is 0 Å². The molecule has 0 saturated heterocycles. The number of para-hydroxylation sites is 2. The van der Waals surface area contributed by atoms with E-state index in [0.29, 0.717) is 5.56 Å². The van der Waals surface area contributed by atoms with Crippen molar-refractivity contribution in [2.75, 3.05) is 4.90 Å². The summed E-state index contributed by atoms with van der Waals surface area (Å²) < 4.78 is 4.68. The van der Waals surface area contributed by atoms with E-state index in [-0.39, 0.29) is 5.92 Å². The molecule has 1 unspecified atom stereocenters. The van der Waals surface area contributed by atoms with Crippen LogP contribution in [0.4, 0.5) is 11.4 Å². The lowest BCUT2D eigenvalue weighted by atomic mass is 9.84. The van der Waals surface area contributed by atoms with E-state index in [1.807, 2.05) is 24.3 Å². The van der Waals surface area contributed by atoms with Crippen molar-refractivity contribution in [1.29, 1.82) is 5.26 Å². The number of allylic oxidation sites excluding steroid dienone is 4. The molecule has 5 heteroatoms. The van der Waals surface area contributed by atoms with Gasteiger partial charge in [-0.1, -0.05) is 146 Å². The zero-order chi connectivity index (χ0) is 44.4. The van der Waals surface area contributed by atoms with Gasteiger partial charge < -0.3 is 9.47 Å². The molecule has 0 saturated carbocycles. The first-order valence-corrected chi connectivity index (χ1v) is 22.8. The van der Waals surface area contributed by atoms with E-state index in [0.717, 1.165) is 68.2 Å². The Kier molecular flexibility index (Phi) is 8.97. The number of hydrogen-bond acceptors (Lipinski definition) is 3. The highest BCUT2D eigenvalue weighted by atomic mass is 15.2. The summed E-state index contributed by atoms with van der Waals surface area (Å²) in [6, 6.07) is 77.7. The Morgan fingerprint density at radius 3 is 2.00 bits per heavy atom. The minimum atomic E-state index is 0.135. The van der Waals surface area contributed by atoms with Crippen molar-refractivity contribution in [3.8, 4) is 51.1 Å². The minimum absolute atomic E-state index is 0.135. The maximum Gasteiger partial charge on any atom is 0.138 e. The van der Waals surface area contributed by atoms with Gasteiger partial charge in [0.05, 0.1) is 39.6 Å². The molecule has 67 heavy (non-hydrogen) atoms. The maximum absolute atomic E-state index is 9.50. The molecule has 11 aromatic rings. The lowest BCUT2D eigenvalue weighted by Crippen LogP contribution is -2.16. The van der Waals surface area contributed by atoms with Gasteiger partial charge in [-0.3, -0.25) is 4.57 Å². The van der Waals surface area contributed by atoms with Crippen molar-refractivity contribution in [2.45, 2.75) is 12.3 Å². The highest BCUT2D eigenvalue weighted by Gasteiger charge is 2.39. The molecular weight excluding hydrogens is 815 g/mol. The summed E-state index contributed by atoms with van der Waals surface area (Å²) in [6.45, 7) is 0. The Bertz CT molecular complexity index is 3770. The standard InChI is InChI=1S/C62H41N5/c63-40-41-23-25-43(26-24-41)46-17-12-20-51(35-46)66-58-31-28-48(37-55(58)53-30-27-45-33-34-65(61(45)62(53)66)50-18-8-3-9-19-50)47-29-32-59-54(36-47)52-21-10-11-22-57(52)67(59)60-39-49(42-13-4-1-5-14-42)38-56(64-60)44-15-6-2-7-16-44/h1-36,38-39,55H,37H2. The quantitative estimate of drug-likeness (QED) is 0.160. The second-order valence-corrected chi connectivity index (χ2v) is 17.5. The third-order valence-corrected chi connectivity index (χ3v) is 13.7. The molecule has 3 aromatic heterocycles. The van der Waals surface area contributed by atoms with Crippen molar-refractivity contribution >= 4 is 49.7 Å². The van der Waals surface area contributed by atoms with Crippen LogP contribution >= 0.6 is 0 Å². The molecule has 0 fully saturated rings. The van der Waals surface area contributed by atoms with Gasteiger partial charge in [-0.2, -0.15) is 5.26 Å². The monoisotopic (exact) mass is 855 g/mol. The Morgan fingerprint density at radius 2 is 1.19 bits per heavy atom. The van der Waals surface area contributed by atoms with Gasteiger partial charge in [0.2, 0.25) is 0 Å². The molecule has 314 valence electrons. The van der Waals surface area contributed by atoms with E-state index >= 15 is 0 Å². The molecule has 0 spiro atoms. The van der Waals surface area contributed by atoms with Crippen LogP contribution in [-0.4, -0.2) is 14.1 Å². The lowest BCUT2D eigenvalue weighted by molar-refractivity contribution is 0.832. The Hall–Kier alpha value is -8.98. The zero-order valence-corrected chi connectivity index (χ0v) is 36.5.